The maximum atomic E-state index is 12.0. The van der Waals surface area contributed by atoms with Gasteiger partial charge in [0.1, 0.15) is 0 Å². The van der Waals surface area contributed by atoms with Crippen LogP contribution >= 0.6 is 0 Å². The third-order valence-electron chi connectivity index (χ3n) is 2.79. The fraction of sp³-hybridized carbons (Fsp3) is 0.467. The predicted molar refractivity (Wildman–Crippen MR) is 81.1 cm³/mol. The van der Waals surface area contributed by atoms with Crippen LogP contribution in [0.4, 0.5) is 0 Å². The molecule has 0 saturated carbocycles. The average molecular weight is 344 g/mol. The van der Waals surface area contributed by atoms with Crippen molar-refractivity contribution < 1.29 is 31.7 Å². The van der Waals surface area contributed by atoms with Gasteiger partial charge in [0.2, 0.25) is 6.10 Å². The van der Waals surface area contributed by atoms with Crippen LogP contribution in [0.5, 0.6) is 0 Å². The number of rotatable bonds is 8. The van der Waals surface area contributed by atoms with Crippen molar-refractivity contribution in [1.29, 1.82) is 0 Å². The molecule has 8 heteroatoms. The lowest BCUT2D eigenvalue weighted by Gasteiger charge is -2.15. The van der Waals surface area contributed by atoms with Crippen molar-refractivity contribution in [3.8, 4) is 0 Å². The summed E-state index contributed by atoms with van der Waals surface area (Å²) in [5.74, 6) is -1.40. The van der Waals surface area contributed by atoms with E-state index in [4.69, 9.17) is 13.7 Å². The SMILES string of the molecule is CCOC(=O)C(CCOS(=O)(=O)c1ccc(C)cc1)OC(C)=O. The van der Waals surface area contributed by atoms with Gasteiger partial charge in [0.15, 0.2) is 0 Å². The van der Waals surface area contributed by atoms with E-state index in [9.17, 15) is 18.0 Å². The molecule has 0 heterocycles. The number of hydrogen-bond donors (Lipinski definition) is 0. The minimum absolute atomic E-state index is 0.0169. The number of benzene rings is 1. The van der Waals surface area contributed by atoms with E-state index in [0.29, 0.717) is 0 Å². The fourth-order valence-electron chi connectivity index (χ4n) is 1.70. The minimum atomic E-state index is -3.93. The Morgan fingerprint density at radius 3 is 2.30 bits per heavy atom. The van der Waals surface area contributed by atoms with Crippen LogP contribution in [0.25, 0.3) is 0 Å². The molecule has 128 valence electrons. The van der Waals surface area contributed by atoms with Gasteiger partial charge in [-0.1, -0.05) is 17.7 Å². The predicted octanol–water partition coefficient (Wildman–Crippen LogP) is 1.59. The smallest absolute Gasteiger partial charge is 0.347 e. The lowest BCUT2D eigenvalue weighted by atomic mass is 10.2. The quantitative estimate of drug-likeness (QED) is 0.522. The second-order valence-corrected chi connectivity index (χ2v) is 6.34. The largest absolute Gasteiger partial charge is 0.463 e. The average Bonchev–Trinajstić information content (AvgIpc) is 2.46. The molecule has 0 bridgehead atoms. The van der Waals surface area contributed by atoms with Gasteiger partial charge >= 0.3 is 11.9 Å². The van der Waals surface area contributed by atoms with Gasteiger partial charge in [-0.3, -0.25) is 8.98 Å². The molecular formula is C15H20O7S. The standard InChI is InChI=1S/C15H20O7S/c1-4-20-15(17)14(22-12(3)16)9-10-21-23(18,19)13-7-5-11(2)6-8-13/h5-8,14H,4,9-10H2,1-3H3. The van der Waals surface area contributed by atoms with Gasteiger partial charge in [-0.15, -0.1) is 0 Å². The van der Waals surface area contributed by atoms with Gasteiger partial charge in [0.25, 0.3) is 10.1 Å². The molecular weight excluding hydrogens is 324 g/mol. The molecule has 0 aliphatic carbocycles. The second-order valence-electron chi connectivity index (χ2n) is 4.73. The molecule has 0 aromatic heterocycles. The summed E-state index contributed by atoms with van der Waals surface area (Å²) in [4.78, 5) is 22.6. The highest BCUT2D eigenvalue weighted by Gasteiger charge is 2.24. The number of carbonyl (C=O) groups is 2. The van der Waals surface area contributed by atoms with Gasteiger partial charge in [0, 0.05) is 13.3 Å². The van der Waals surface area contributed by atoms with Crippen LogP contribution in [0.3, 0.4) is 0 Å². The molecule has 0 spiro atoms. The summed E-state index contributed by atoms with van der Waals surface area (Å²) >= 11 is 0. The minimum Gasteiger partial charge on any atom is -0.463 e. The summed E-state index contributed by atoms with van der Waals surface area (Å²) in [6, 6.07) is 6.16. The highest BCUT2D eigenvalue weighted by molar-refractivity contribution is 7.86. The Balaban J connectivity index is 2.65. The molecule has 0 N–H and O–H groups in total. The van der Waals surface area contributed by atoms with Gasteiger partial charge < -0.3 is 9.47 Å². The summed E-state index contributed by atoms with van der Waals surface area (Å²) in [5.41, 5.74) is 0.918. The summed E-state index contributed by atoms with van der Waals surface area (Å²) in [6.45, 7) is 4.41. The first-order valence-corrected chi connectivity index (χ1v) is 8.47. The van der Waals surface area contributed by atoms with Crippen molar-refractivity contribution in [2.24, 2.45) is 0 Å². The zero-order valence-corrected chi connectivity index (χ0v) is 14.1. The van der Waals surface area contributed by atoms with Crippen LogP contribution in [0.15, 0.2) is 29.2 Å². The van der Waals surface area contributed by atoms with E-state index in [1.807, 2.05) is 6.92 Å². The molecule has 1 aromatic rings. The van der Waals surface area contributed by atoms with Crippen LogP contribution in [-0.4, -0.2) is 39.7 Å². The third-order valence-corrected chi connectivity index (χ3v) is 4.11. The maximum Gasteiger partial charge on any atom is 0.347 e. The molecule has 1 unspecified atom stereocenters. The van der Waals surface area contributed by atoms with E-state index in [1.54, 1.807) is 19.1 Å². The lowest BCUT2D eigenvalue weighted by Crippen LogP contribution is -2.30. The maximum absolute atomic E-state index is 12.0. The summed E-state index contributed by atoms with van der Waals surface area (Å²) < 4.78 is 38.4. The van der Waals surface area contributed by atoms with E-state index >= 15 is 0 Å². The van der Waals surface area contributed by atoms with E-state index in [2.05, 4.69) is 0 Å². The Bertz CT molecular complexity index is 634. The molecule has 0 radical (unpaired) electrons. The van der Waals surface area contributed by atoms with E-state index in [1.165, 1.54) is 12.1 Å². The molecule has 7 nitrogen and oxygen atoms in total. The van der Waals surface area contributed by atoms with Crippen molar-refractivity contribution in [2.45, 2.75) is 38.2 Å². The van der Waals surface area contributed by atoms with Gasteiger partial charge in [-0.05, 0) is 26.0 Å². The molecule has 23 heavy (non-hydrogen) atoms. The van der Waals surface area contributed by atoms with Gasteiger partial charge in [0.05, 0.1) is 18.1 Å². The molecule has 0 fully saturated rings. The molecule has 1 rings (SSSR count). The lowest BCUT2D eigenvalue weighted by molar-refractivity contribution is -0.167. The Kier molecular flexibility index (Phi) is 7.18. The molecule has 0 aliphatic rings. The Hall–Kier alpha value is -1.93. The van der Waals surface area contributed by atoms with E-state index in [0.717, 1.165) is 12.5 Å². The highest BCUT2D eigenvalue weighted by atomic mass is 32.2. The van der Waals surface area contributed by atoms with Crippen molar-refractivity contribution in [1.82, 2.24) is 0 Å². The van der Waals surface area contributed by atoms with Crippen LogP contribution in [0.1, 0.15) is 25.8 Å². The Labute approximate surface area is 135 Å². The summed E-state index contributed by atoms with van der Waals surface area (Å²) in [6.07, 6.45) is -1.32. The third kappa shape index (κ3) is 6.37. The molecule has 1 atom stereocenters. The number of ether oxygens (including phenoxy) is 2. The molecule has 0 saturated heterocycles. The van der Waals surface area contributed by atoms with E-state index < -0.39 is 28.2 Å². The van der Waals surface area contributed by atoms with Crippen molar-refractivity contribution in [3.63, 3.8) is 0 Å². The first kappa shape index (κ1) is 19.1. The van der Waals surface area contributed by atoms with Crippen molar-refractivity contribution in [2.75, 3.05) is 13.2 Å². The summed E-state index contributed by atoms with van der Waals surface area (Å²) in [5, 5.41) is 0. The first-order valence-electron chi connectivity index (χ1n) is 7.06. The van der Waals surface area contributed by atoms with Crippen LogP contribution in [-0.2, 0) is 33.4 Å². The Morgan fingerprint density at radius 2 is 1.78 bits per heavy atom. The first-order chi connectivity index (χ1) is 10.8. The van der Waals surface area contributed by atoms with Crippen molar-refractivity contribution >= 4 is 22.1 Å². The fourth-order valence-corrected chi connectivity index (χ4v) is 2.62. The Morgan fingerprint density at radius 1 is 1.17 bits per heavy atom. The van der Waals surface area contributed by atoms with Crippen LogP contribution in [0, 0.1) is 6.92 Å². The zero-order valence-electron chi connectivity index (χ0n) is 13.3. The number of aryl methyl sites for hydroxylation is 1. The highest BCUT2D eigenvalue weighted by Crippen LogP contribution is 2.14. The van der Waals surface area contributed by atoms with Gasteiger partial charge in [-0.2, -0.15) is 8.42 Å². The van der Waals surface area contributed by atoms with Crippen LogP contribution < -0.4 is 0 Å². The number of hydrogen-bond acceptors (Lipinski definition) is 7. The van der Waals surface area contributed by atoms with Crippen molar-refractivity contribution in [3.05, 3.63) is 29.8 Å². The normalized spacial score (nSPS) is 12.5. The number of esters is 2. The topological polar surface area (TPSA) is 96.0 Å². The zero-order chi connectivity index (χ0) is 17.5. The number of carbonyl (C=O) groups excluding carboxylic acids is 2. The molecule has 0 aliphatic heterocycles. The molecule has 0 amide bonds. The summed E-state index contributed by atoms with van der Waals surface area (Å²) in [7, 11) is -3.93. The van der Waals surface area contributed by atoms with Crippen LogP contribution in [0.2, 0.25) is 0 Å². The molecule has 1 aromatic carbocycles. The van der Waals surface area contributed by atoms with Gasteiger partial charge in [-0.25, -0.2) is 4.79 Å². The monoisotopic (exact) mass is 344 g/mol. The second kappa shape index (κ2) is 8.64. The van der Waals surface area contributed by atoms with E-state index in [-0.39, 0.29) is 24.5 Å².